The molecule has 0 aliphatic carbocycles. The largest absolute Gasteiger partial charge is 0.496 e. The predicted molar refractivity (Wildman–Crippen MR) is 200 cm³/mol. The van der Waals surface area contributed by atoms with E-state index in [1.807, 2.05) is 54.6 Å². The third-order valence-corrected chi connectivity index (χ3v) is 11.3. The lowest BCUT2D eigenvalue weighted by Gasteiger charge is -2.37. The van der Waals surface area contributed by atoms with E-state index in [4.69, 9.17) is 15.2 Å². The van der Waals surface area contributed by atoms with Crippen LogP contribution in [0, 0.1) is 5.92 Å². The smallest absolute Gasteiger partial charge is 0.232 e. The molecule has 0 aromatic heterocycles. The van der Waals surface area contributed by atoms with Gasteiger partial charge in [0.2, 0.25) is 5.91 Å². The van der Waals surface area contributed by atoms with Crippen molar-refractivity contribution in [1.82, 2.24) is 14.7 Å². The van der Waals surface area contributed by atoms with Crippen molar-refractivity contribution < 1.29 is 14.3 Å². The molecule has 1 amide bonds. The van der Waals surface area contributed by atoms with Crippen LogP contribution in [0.5, 0.6) is 11.5 Å². The van der Waals surface area contributed by atoms with E-state index in [9.17, 15) is 4.79 Å². The molecule has 2 saturated heterocycles. The first-order valence-corrected chi connectivity index (χ1v) is 18.7. The van der Waals surface area contributed by atoms with Crippen LogP contribution in [0.15, 0.2) is 78.9 Å². The number of nitrogens with two attached hydrogens (primary N) is 1. The number of rotatable bonds is 19. The van der Waals surface area contributed by atoms with E-state index in [0.29, 0.717) is 6.04 Å². The Kier molecular flexibility index (Phi) is 14.0. The summed E-state index contributed by atoms with van der Waals surface area (Å²) in [6.07, 6.45) is 12.5. The van der Waals surface area contributed by atoms with Crippen LogP contribution in [-0.4, -0.2) is 87.2 Å². The van der Waals surface area contributed by atoms with Gasteiger partial charge in [-0.3, -0.25) is 9.69 Å². The number of benzene rings is 3. The maximum Gasteiger partial charge on any atom is 0.232 e. The van der Waals surface area contributed by atoms with E-state index in [2.05, 4.69) is 46.0 Å². The van der Waals surface area contributed by atoms with Crippen molar-refractivity contribution in [3.63, 3.8) is 0 Å². The SMILES string of the molecule is COc1cccc(OC)c1CN1CCC(N(C)CCCCCCCCCN2CC[C@@H](C(C(N)=O)(c3ccccc3)c3ccccc3)C2)CC1. The number of piperidine rings is 1. The van der Waals surface area contributed by atoms with Crippen LogP contribution in [0.4, 0.5) is 0 Å². The van der Waals surface area contributed by atoms with E-state index in [-0.39, 0.29) is 11.8 Å². The summed E-state index contributed by atoms with van der Waals surface area (Å²) in [5, 5.41) is 0. The second-order valence-electron chi connectivity index (χ2n) is 14.3. The van der Waals surface area contributed by atoms with E-state index < -0.39 is 5.41 Å². The molecular weight excluding hydrogens is 608 g/mol. The maximum atomic E-state index is 13.3. The van der Waals surface area contributed by atoms with E-state index >= 15 is 0 Å². The quantitative estimate of drug-likeness (QED) is 0.137. The van der Waals surface area contributed by atoms with Gasteiger partial charge in [-0.15, -0.1) is 0 Å². The van der Waals surface area contributed by atoms with Gasteiger partial charge in [-0.1, -0.05) is 98.8 Å². The molecule has 1 atom stereocenters. The molecule has 5 rings (SSSR count). The number of hydrogen-bond donors (Lipinski definition) is 1. The Morgan fingerprint density at radius 2 is 1.27 bits per heavy atom. The Morgan fingerprint density at radius 1 is 0.735 bits per heavy atom. The maximum absolute atomic E-state index is 13.3. The van der Waals surface area contributed by atoms with E-state index in [1.165, 1.54) is 64.3 Å². The van der Waals surface area contributed by atoms with Gasteiger partial charge in [0, 0.05) is 19.1 Å². The molecule has 2 N–H and O–H groups in total. The van der Waals surface area contributed by atoms with Gasteiger partial charge in [0.15, 0.2) is 0 Å². The fraction of sp³-hybridized carbons (Fsp3) is 0.548. The molecule has 0 saturated carbocycles. The monoisotopic (exact) mass is 668 g/mol. The van der Waals surface area contributed by atoms with Crippen molar-refractivity contribution in [2.24, 2.45) is 11.7 Å². The predicted octanol–water partition coefficient (Wildman–Crippen LogP) is 7.12. The molecule has 2 aliphatic rings. The zero-order valence-electron chi connectivity index (χ0n) is 30.3. The summed E-state index contributed by atoms with van der Waals surface area (Å²) in [7, 11) is 5.79. The van der Waals surface area contributed by atoms with Crippen molar-refractivity contribution in [3.8, 4) is 11.5 Å². The summed E-state index contributed by atoms with van der Waals surface area (Å²) < 4.78 is 11.2. The average Bonchev–Trinajstić information content (AvgIpc) is 3.61. The Hall–Kier alpha value is -3.39. The molecule has 2 aliphatic heterocycles. The molecule has 2 heterocycles. The molecule has 49 heavy (non-hydrogen) atoms. The zero-order chi connectivity index (χ0) is 34.5. The number of carbonyl (C=O) groups excluding carboxylic acids is 1. The summed E-state index contributed by atoms with van der Waals surface area (Å²) in [5.41, 5.74) is 8.66. The summed E-state index contributed by atoms with van der Waals surface area (Å²) in [6.45, 7) is 7.34. The number of unbranched alkanes of at least 4 members (excludes halogenated alkanes) is 6. The van der Waals surface area contributed by atoms with Crippen LogP contribution in [0.25, 0.3) is 0 Å². The second kappa shape index (κ2) is 18.6. The first-order chi connectivity index (χ1) is 24.0. The molecular formula is C42H60N4O3. The van der Waals surface area contributed by atoms with Crippen molar-refractivity contribution in [2.45, 2.75) is 82.2 Å². The molecule has 7 nitrogen and oxygen atoms in total. The van der Waals surface area contributed by atoms with Crippen LogP contribution >= 0.6 is 0 Å². The highest BCUT2D eigenvalue weighted by atomic mass is 16.5. The summed E-state index contributed by atoms with van der Waals surface area (Å²) in [6, 6.07) is 27.1. The zero-order valence-corrected chi connectivity index (χ0v) is 30.3. The number of primary amides is 1. The molecule has 3 aromatic carbocycles. The first kappa shape index (κ1) is 36.9. The summed E-state index contributed by atoms with van der Waals surface area (Å²) in [5.74, 6) is 1.75. The van der Waals surface area contributed by atoms with Crippen LogP contribution in [0.2, 0.25) is 0 Å². The fourth-order valence-electron chi connectivity index (χ4n) is 8.50. The average molecular weight is 669 g/mol. The van der Waals surface area contributed by atoms with Crippen LogP contribution in [-0.2, 0) is 16.8 Å². The van der Waals surface area contributed by atoms with E-state index in [0.717, 1.165) is 73.9 Å². The van der Waals surface area contributed by atoms with Gasteiger partial charge < -0.3 is 25.0 Å². The molecule has 0 bridgehead atoms. The minimum absolute atomic E-state index is 0.169. The van der Waals surface area contributed by atoms with E-state index in [1.54, 1.807) is 14.2 Å². The van der Waals surface area contributed by atoms with Crippen LogP contribution in [0.1, 0.15) is 80.9 Å². The lowest BCUT2D eigenvalue weighted by atomic mass is 9.64. The first-order valence-electron chi connectivity index (χ1n) is 18.7. The lowest BCUT2D eigenvalue weighted by Crippen LogP contribution is -2.49. The third kappa shape index (κ3) is 9.24. The number of methoxy groups -OCH3 is 2. The Morgan fingerprint density at radius 3 is 1.82 bits per heavy atom. The molecule has 0 spiro atoms. The molecule has 266 valence electrons. The van der Waals surface area contributed by atoms with Crippen molar-refractivity contribution in [2.75, 3.05) is 60.5 Å². The molecule has 0 unspecified atom stereocenters. The summed E-state index contributed by atoms with van der Waals surface area (Å²) in [4.78, 5) is 21.0. The molecule has 0 radical (unpaired) electrons. The second-order valence-corrected chi connectivity index (χ2v) is 14.3. The van der Waals surface area contributed by atoms with Crippen molar-refractivity contribution >= 4 is 5.91 Å². The highest BCUT2D eigenvalue weighted by Gasteiger charge is 2.49. The van der Waals surface area contributed by atoms with Crippen molar-refractivity contribution in [3.05, 3.63) is 95.6 Å². The number of amides is 1. The highest BCUT2D eigenvalue weighted by molar-refractivity contribution is 5.91. The molecule has 7 heteroatoms. The number of nitrogens with zero attached hydrogens (tertiary/aromatic N) is 3. The third-order valence-electron chi connectivity index (χ3n) is 11.3. The number of carbonyl (C=O) groups is 1. The normalized spacial score (nSPS) is 17.8. The van der Waals surface area contributed by atoms with Gasteiger partial charge in [0.1, 0.15) is 16.9 Å². The fourth-order valence-corrected chi connectivity index (χ4v) is 8.50. The number of ether oxygens (including phenoxy) is 2. The van der Waals surface area contributed by atoms with Gasteiger partial charge in [0.25, 0.3) is 0 Å². The minimum Gasteiger partial charge on any atom is -0.496 e. The number of likely N-dealkylation sites (tertiary alicyclic amines) is 2. The van der Waals surface area contributed by atoms with Crippen LogP contribution < -0.4 is 15.2 Å². The topological polar surface area (TPSA) is 71.3 Å². The summed E-state index contributed by atoms with van der Waals surface area (Å²) >= 11 is 0. The van der Waals surface area contributed by atoms with Gasteiger partial charge in [0.05, 0.1) is 19.8 Å². The minimum atomic E-state index is -0.797. The molecule has 2 fully saturated rings. The Labute approximate surface area is 295 Å². The standard InChI is InChI=1S/C42H60N4O3/c1-44(37-25-30-46(31-26-37)33-38-39(48-2)22-17-23-40(38)49-3)27-15-7-5-4-6-8-16-28-45-29-24-36(32-45)42(41(43)47,34-18-11-9-12-19-34)35-20-13-10-14-21-35/h9-14,17-23,36-37H,4-8,15-16,24-33H2,1-3H3,(H2,43,47)/t36-/m1/s1. The van der Waals surface area contributed by atoms with Crippen LogP contribution in [0.3, 0.4) is 0 Å². The Balaban J connectivity index is 0.954. The Bertz CT molecular complexity index is 1350. The van der Waals surface area contributed by atoms with Gasteiger partial charge in [-0.2, -0.15) is 0 Å². The molecule has 3 aromatic rings. The van der Waals surface area contributed by atoms with Gasteiger partial charge in [-0.05, 0) is 101 Å². The van der Waals surface area contributed by atoms with Gasteiger partial charge in [-0.25, -0.2) is 0 Å². The highest BCUT2D eigenvalue weighted by Crippen LogP contribution is 2.43. The number of hydrogen-bond acceptors (Lipinski definition) is 6. The van der Waals surface area contributed by atoms with Gasteiger partial charge >= 0.3 is 0 Å². The lowest BCUT2D eigenvalue weighted by molar-refractivity contribution is -0.123. The van der Waals surface area contributed by atoms with Crippen molar-refractivity contribution in [1.29, 1.82) is 0 Å².